The maximum absolute atomic E-state index is 12.7. The third-order valence-corrected chi connectivity index (χ3v) is 2.89. The Kier molecular flexibility index (Phi) is 2.42. The number of alkyl halides is 3. The summed E-state index contributed by atoms with van der Waals surface area (Å²) in [4.78, 5) is 0. The van der Waals surface area contributed by atoms with Gasteiger partial charge in [-0.1, -0.05) is 6.07 Å². The Morgan fingerprint density at radius 3 is 2.47 bits per heavy atom. The zero-order valence-corrected chi connectivity index (χ0v) is 8.80. The number of halogens is 3. The van der Waals surface area contributed by atoms with Crippen LogP contribution in [-0.2, 0) is 0 Å². The van der Waals surface area contributed by atoms with Crippen molar-refractivity contribution in [2.45, 2.75) is 24.6 Å². The van der Waals surface area contributed by atoms with Crippen LogP contribution in [0, 0.1) is 11.3 Å². The summed E-state index contributed by atoms with van der Waals surface area (Å²) in [6, 6.07) is 6.25. The molecule has 90 valence electrons. The van der Waals surface area contributed by atoms with Crippen LogP contribution in [-0.4, -0.2) is 11.7 Å². The van der Waals surface area contributed by atoms with Crippen molar-refractivity contribution in [1.82, 2.24) is 0 Å². The minimum absolute atomic E-state index is 0.0344. The molecular weight excluding hydrogens is 231 g/mol. The van der Waals surface area contributed by atoms with Gasteiger partial charge in [0.2, 0.25) is 0 Å². The number of nitrogens with zero attached hydrogens (tertiary/aromatic N) is 1. The molecule has 0 unspecified atom stereocenters. The van der Waals surface area contributed by atoms with E-state index in [0.717, 1.165) is 0 Å². The number of nitriles is 1. The van der Waals surface area contributed by atoms with Crippen LogP contribution < -0.4 is 11.1 Å². The lowest BCUT2D eigenvalue weighted by Crippen LogP contribution is -2.38. The molecule has 1 aromatic rings. The quantitative estimate of drug-likeness (QED) is 0.782. The van der Waals surface area contributed by atoms with Crippen LogP contribution in [0.15, 0.2) is 18.2 Å². The Balaban J connectivity index is 2.30. The van der Waals surface area contributed by atoms with Crippen molar-refractivity contribution in [2.75, 3.05) is 11.1 Å². The highest BCUT2D eigenvalue weighted by Crippen LogP contribution is 2.51. The molecule has 6 heteroatoms. The fraction of sp³-hybridized carbons (Fsp3) is 0.364. The van der Waals surface area contributed by atoms with Crippen molar-refractivity contribution in [3.05, 3.63) is 23.8 Å². The first-order valence-electron chi connectivity index (χ1n) is 5.03. The second kappa shape index (κ2) is 3.55. The molecule has 0 radical (unpaired) electrons. The van der Waals surface area contributed by atoms with Crippen molar-refractivity contribution in [3.8, 4) is 6.07 Å². The van der Waals surface area contributed by atoms with Gasteiger partial charge in [-0.3, -0.25) is 0 Å². The van der Waals surface area contributed by atoms with Gasteiger partial charge in [0.15, 0.2) is 0 Å². The van der Waals surface area contributed by atoms with Crippen LogP contribution in [0.3, 0.4) is 0 Å². The minimum atomic E-state index is -4.30. The Hall–Kier alpha value is -1.90. The van der Waals surface area contributed by atoms with E-state index in [4.69, 9.17) is 11.0 Å². The third-order valence-electron chi connectivity index (χ3n) is 2.89. The van der Waals surface area contributed by atoms with Gasteiger partial charge in [0, 0.05) is 0 Å². The lowest BCUT2D eigenvalue weighted by Gasteiger charge is -2.23. The fourth-order valence-electron chi connectivity index (χ4n) is 1.63. The molecule has 3 N–H and O–H groups in total. The lowest BCUT2D eigenvalue weighted by molar-refractivity contribution is -0.151. The van der Waals surface area contributed by atoms with Crippen LogP contribution >= 0.6 is 0 Å². The van der Waals surface area contributed by atoms with Crippen molar-refractivity contribution in [2.24, 2.45) is 0 Å². The fourth-order valence-corrected chi connectivity index (χ4v) is 1.63. The average molecular weight is 241 g/mol. The van der Waals surface area contributed by atoms with Crippen molar-refractivity contribution >= 4 is 11.4 Å². The van der Waals surface area contributed by atoms with Gasteiger partial charge < -0.3 is 11.1 Å². The highest BCUT2D eigenvalue weighted by Gasteiger charge is 2.63. The molecule has 0 spiro atoms. The molecule has 1 saturated carbocycles. The summed E-state index contributed by atoms with van der Waals surface area (Å²) in [7, 11) is 0. The number of benzene rings is 1. The molecule has 1 fully saturated rings. The largest absolute Gasteiger partial charge is 0.411 e. The number of nitrogens with one attached hydrogen (secondary N) is 1. The van der Waals surface area contributed by atoms with Crippen LogP contribution in [0.4, 0.5) is 24.5 Å². The van der Waals surface area contributed by atoms with Gasteiger partial charge >= 0.3 is 6.18 Å². The second-order valence-electron chi connectivity index (χ2n) is 4.08. The van der Waals surface area contributed by atoms with E-state index in [2.05, 4.69) is 5.32 Å². The summed E-state index contributed by atoms with van der Waals surface area (Å²) in [5, 5.41) is 11.1. The first-order chi connectivity index (χ1) is 7.89. The van der Waals surface area contributed by atoms with E-state index in [-0.39, 0.29) is 29.8 Å². The first kappa shape index (κ1) is 11.6. The number of rotatable bonds is 2. The Morgan fingerprint density at radius 2 is 2.00 bits per heavy atom. The molecule has 17 heavy (non-hydrogen) atoms. The highest BCUT2D eigenvalue weighted by atomic mass is 19.4. The topological polar surface area (TPSA) is 61.8 Å². The number of hydrogen-bond donors (Lipinski definition) is 2. The van der Waals surface area contributed by atoms with Crippen molar-refractivity contribution < 1.29 is 13.2 Å². The number of hydrogen-bond acceptors (Lipinski definition) is 3. The molecule has 2 rings (SSSR count). The van der Waals surface area contributed by atoms with E-state index in [1.54, 1.807) is 0 Å². The molecule has 1 aliphatic carbocycles. The first-order valence-corrected chi connectivity index (χ1v) is 5.03. The number of anilines is 2. The summed E-state index contributed by atoms with van der Waals surface area (Å²) in [5.41, 5.74) is 4.15. The maximum atomic E-state index is 12.7. The Labute approximate surface area is 96.0 Å². The SMILES string of the molecule is N#Cc1cccc(NC2(C(F)(F)F)CC2)c1N. The normalized spacial score (nSPS) is 17.3. The molecule has 1 aliphatic rings. The van der Waals surface area contributed by atoms with E-state index >= 15 is 0 Å². The Morgan fingerprint density at radius 1 is 1.35 bits per heavy atom. The van der Waals surface area contributed by atoms with Gasteiger partial charge in [0.1, 0.15) is 11.6 Å². The van der Waals surface area contributed by atoms with E-state index < -0.39 is 11.7 Å². The van der Waals surface area contributed by atoms with Gasteiger partial charge in [0.25, 0.3) is 0 Å². The van der Waals surface area contributed by atoms with Gasteiger partial charge in [-0.05, 0) is 25.0 Å². The second-order valence-corrected chi connectivity index (χ2v) is 4.08. The van der Waals surface area contributed by atoms with Crippen molar-refractivity contribution in [3.63, 3.8) is 0 Å². The van der Waals surface area contributed by atoms with Crippen LogP contribution in [0.5, 0.6) is 0 Å². The van der Waals surface area contributed by atoms with Gasteiger partial charge in [0.05, 0.1) is 16.9 Å². The van der Waals surface area contributed by atoms with E-state index in [0.29, 0.717) is 0 Å². The smallest absolute Gasteiger partial charge is 0.396 e. The zero-order chi connectivity index (χ0) is 12.7. The summed E-state index contributed by atoms with van der Waals surface area (Å²) in [6.07, 6.45) is -4.23. The van der Waals surface area contributed by atoms with Crippen LogP contribution in [0.2, 0.25) is 0 Å². The lowest BCUT2D eigenvalue weighted by atomic mass is 10.1. The summed E-state index contributed by atoms with van der Waals surface area (Å²) in [5.74, 6) is 0. The van der Waals surface area contributed by atoms with E-state index in [1.807, 2.05) is 6.07 Å². The molecule has 0 aliphatic heterocycles. The highest BCUT2D eigenvalue weighted by molar-refractivity contribution is 5.74. The monoisotopic (exact) mass is 241 g/mol. The minimum Gasteiger partial charge on any atom is -0.396 e. The molecule has 3 nitrogen and oxygen atoms in total. The molecular formula is C11H10F3N3. The number of nitrogen functional groups attached to an aromatic ring is 1. The molecule has 1 aromatic carbocycles. The van der Waals surface area contributed by atoms with Crippen LogP contribution in [0.25, 0.3) is 0 Å². The summed E-state index contributed by atoms with van der Waals surface area (Å²) >= 11 is 0. The molecule has 0 bridgehead atoms. The van der Waals surface area contributed by atoms with Crippen molar-refractivity contribution in [1.29, 1.82) is 5.26 Å². The average Bonchev–Trinajstić information content (AvgIpc) is 3.01. The van der Waals surface area contributed by atoms with E-state index in [1.165, 1.54) is 18.2 Å². The van der Waals surface area contributed by atoms with Gasteiger partial charge in [-0.2, -0.15) is 18.4 Å². The van der Waals surface area contributed by atoms with E-state index in [9.17, 15) is 13.2 Å². The predicted molar refractivity (Wildman–Crippen MR) is 57.2 cm³/mol. The number of nitrogens with two attached hydrogens (primary N) is 1. The summed E-state index contributed by atoms with van der Waals surface area (Å²) < 4.78 is 38.2. The maximum Gasteiger partial charge on any atom is 0.411 e. The van der Waals surface area contributed by atoms with Gasteiger partial charge in [-0.25, -0.2) is 0 Å². The molecule has 0 heterocycles. The predicted octanol–water partition coefficient (Wildman–Crippen LogP) is 2.65. The standard InChI is InChI=1S/C11H10F3N3/c12-11(13,14)10(4-5-10)17-8-3-1-2-7(6-15)9(8)16/h1-3,17H,4-5,16H2. The zero-order valence-electron chi connectivity index (χ0n) is 8.80. The summed E-state index contributed by atoms with van der Waals surface area (Å²) in [6.45, 7) is 0. The molecule has 0 aromatic heterocycles. The molecule has 0 amide bonds. The Bertz CT molecular complexity index is 484. The number of para-hydroxylation sites is 1. The van der Waals surface area contributed by atoms with Crippen LogP contribution in [0.1, 0.15) is 18.4 Å². The molecule has 0 saturated heterocycles. The third kappa shape index (κ3) is 1.88. The molecule has 0 atom stereocenters. The van der Waals surface area contributed by atoms with Gasteiger partial charge in [-0.15, -0.1) is 0 Å².